The highest BCUT2D eigenvalue weighted by molar-refractivity contribution is 5.94. The summed E-state index contributed by atoms with van der Waals surface area (Å²) in [5.41, 5.74) is 2.45. The first kappa shape index (κ1) is 20.6. The van der Waals surface area contributed by atoms with Crippen molar-refractivity contribution < 1.29 is 14.1 Å². The standard InChI is InChI=1S/C23H26N6O3/c30-23(18-3-5-19(6-4-18)28-10-12-31-13-11-28)29-9-1-2-17(16-29)14-21-26-22(27-32-21)20-15-24-7-8-25-20/h3-8,15,17H,1-2,9-14,16H2. The molecule has 1 amide bonds. The van der Waals surface area contributed by atoms with Gasteiger partial charge in [-0.15, -0.1) is 0 Å². The molecular formula is C23H26N6O3. The lowest BCUT2D eigenvalue weighted by Gasteiger charge is -2.32. The van der Waals surface area contributed by atoms with Gasteiger partial charge in [-0.25, -0.2) is 4.98 Å². The number of aromatic nitrogens is 4. The number of likely N-dealkylation sites (tertiary alicyclic amines) is 1. The lowest BCUT2D eigenvalue weighted by molar-refractivity contribution is 0.0668. The Morgan fingerprint density at radius 3 is 2.72 bits per heavy atom. The Morgan fingerprint density at radius 1 is 1.09 bits per heavy atom. The van der Waals surface area contributed by atoms with Gasteiger partial charge >= 0.3 is 0 Å². The average molecular weight is 435 g/mol. The molecule has 0 bridgehead atoms. The van der Waals surface area contributed by atoms with Crippen LogP contribution in [0.1, 0.15) is 29.1 Å². The van der Waals surface area contributed by atoms with Gasteiger partial charge in [-0.1, -0.05) is 5.16 Å². The largest absolute Gasteiger partial charge is 0.378 e. The lowest BCUT2D eigenvalue weighted by atomic mass is 9.94. The molecule has 3 aromatic rings. The third-order valence-electron chi connectivity index (χ3n) is 6.02. The van der Waals surface area contributed by atoms with Crippen LogP contribution in [0.2, 0.25) is 0 Å². The summed E-state index contributed by atoms with van der Waals surface area (Å²) in [6, 6.07) is 7.93. The summed E-state index contributed by atoms with van der Waals surface area (Å²) < 4.78 is 10.8. The van der Waals surface area contributed by atoms with Gasteiger partial charge in [0.15, 0.2) is 0 Å². The molecule has 2 aromatic heterocycles. The van der Waals surface area contributed by atoms with E-state index in [9.17, 15) is 4.79 Å². The van der Waals surface area contributed by atoms with E-state index in [0.29, 0.717) is 30.4 Å². The number of ether oxygens (including phenoxy) is 1. The quantitative estimate of drug-likeness (QED) is 0.604. The van der Waals surface area contributed by atoms with Gasteiger partial charge in [0.25, 0.3) is 5.91 Å². The van der Waals surface area contributed by atoms with Gasteiger partial charge in [0.05, 0.1) is 19.4 Å². The van der Waals surface area contributed by atoms with Gasteiger partial charge < -0.3 is 19.1 Å². The summed E-state index contributed by atoms with van der Waals surface area (Å²) in [7, 11) is 0. The van der Waals surface area contributed by atoms with Crippen molar-refractivity contribution >= 4 is 11.6 Å². The third kappa shape index (κ3) is 4.62. The van der Waals surface area contributed by atoms with Crippen LogP contribution in [0.25, 0.3) is 11.5 Å². The van der Waals surface area contributed by atoms with Crippen LogP contribution in [0.3, 0.4) is 0 Å². The molecular weight excluding hydrogens is 408 g/mol. The molecule has 0 N–H and O–H groups in total. The van der Waals surface area contributed by atoms with E-state index in [1.807, 2.05) is 29.2 Å². The van der Waals surface area contributed by atoms with Crippen molar-refractivity contribution in [3.63, 3.8) is 0 Å². The van der Waals surface area contributed by atoms with Crippen molar-refractivity contribution in [1.29, 1.82) is 0 Å². The Morgan fingerprint density at radius 2 is 1.94 bits per heavy atom. The normalized spacial score (nSPS) is 19.2. The Balaban J connectivity index is 1.20. The number of morpholine rings is 1. The van der Waals surface area contributed by atoms with E-state index in [-0.39, 0.29) is 11.8 Å². The summed E-state index contributed by atoms with van der Waals surface area (Å²) >= 11 is 0. The van der Waals surface area contributed by atoms with Crippen LogP contribution < -0.4 is 4.90 Å². The monoisotopic (exact) mass is 434 g/mol. The predicted octanol–water partition coefficient (Wildman–Crippen LogP) is 2.46. The number of anilines is 1. The molecule has 1 atom stereocenters. The smallest absolute Gasteiger partial charge is 0.253 e. The minimum Gasteiger partial charge on any atom is -0.378 e. The van der Waals surface area contributed by atoms with Gasteiger partial charge in [0.2, 0.25) is 11.7 Å². The minimum atomic E-state index is 0.0778. The number of nitrogens with zero attached hydrogens (tertiary/aromatic N) is 6. The van der Waals surface area contributed by atoms with Crippen molar-refractivity contribution in [2.75, 3.05) is 44.3 Å². The van der Waals surface area contributed by atoms with Crippen molar-refractivity contribution in [2.45, 2.75) is 19.3 Å². The van der Waals surface area contributed by atoms with E-state index in [4.69, 9.17) is 9.26 Å². The van der Waals surface area contributed by atoms with Crippen molar-refractivity contribution in [2.24, 2.45) is 5.92 Å². The molecule has 4 heterocycles. The number of piperidine rings is 1. The van der Waals surface area contributed by atoms with Gasteiger partial charge in [-0.3, -0.25) is 9.78 Å². The first-order valence-electron chi connectivity index (χ1n) is 11.1. The summed E-state index contributed by atoms with van der Waals surface area (Å²) in [6.07, 6.45) is 7.46. The number of amides is 1. The third-order valence-corrected chi connectivity index (χ3v) is 6.02. The highest BCUT2D eigenvalue weighted by Gasteiger charge is 2.26. The van der Waals surface area contributed by atoms with Crippen LogP contribution in [0, 0.1) is 5.92 Å². The zero-order valence-electron chi connectivity index (χ0n) is 17.9. The molecule has 9 nitrogen and oxygen atoms in total. The number of carbonyl (C=O) groups is 1. The Kier molecular flexibility index (Phi) is 6.06. The number of rotatable bonds is 5. The molecule has 5 rings (SSSR count). The van der Waals surface area contributed by atoms with E-state index in [1.54, 1.807) is 18.6 Å². The van der Waals surface area contributed by atoms with Crippen molar-refractivity contribution in [1.82, 2.24) is 25.0 Å². The van der Waals surface area contributed by atoms with Crippen LogP contribution in [0.15, 0.2) is 47.4 Å². The molecule has 2 aliphatic rings. The van der Waals surface area contributed by atoms with Gasteiger partial charge in [-0.2, -0.15) is 4.98 Å². The molecule has 32 heavy (non-hydrogen) atoms. The van der Waals surface area contributed by atoms with E-state index < -0.39 is 0 Å². The molecule has 166 valence electrons. The number of hydrogen-bond donors (Lipinski definition) is 0. The fraction of sp³-hybridized carbons (Fsp3) is 0.435. The molecule has 1 unspecified atom stereocenters. The average Bonchev–Trinajstić information content (AvgIpc) is 3.33. The van der Waals surface area contributed by atoms with Crippen LogP contribution in [0.4, 0.5) is 5.69 Å². The second-order valence-electron chi connectivity index (χ2n) is 8.21. The molecule has 2 saturated heterocycles. The van der Waals surface area contributed by atoms with Crippen molar-refractivity contribution in [3.05, 3.63) is 54.3 Å². The van der Waals surface area contributed by atoms with E-state index in [1.165, 1.54) is 0 Å². The minimum absolute atomic E-state index is 0.0778. The first-order chi connectivity index (χ1) is 15.8. The molecule has 0 spiro atoms. The maximum atomic E-state index is 13.1. The van der Waals surface area contributed by atoms with Crippen molar-refractivity contribution in [3.8, 4) is 11.5 Å². The van der Waals surface area contributed by atoms with Gasteiger partial charge in [0, 0.05) is 56.2 Å². The molecule has 2 fully saturated rings. The molecule has 0 aliphatic carbocycles. The Hall–Kier alpha value is -3.33. The highest BCUT2D eigenvalue weighted by Crippen LogP contribution is 2.24. The fourth-order valence-electron chi connectivity index (χ4n) is 4.34. The second-order valence-corrected chi connectivity index (χ2v) is 8.21. The molecule has 9 heteroatoms. The molecule has 0 radical (unpaired) electrons. The van der Waals surface area contributed by atoms with Gasteiger partial charge in [0.1, 0.15) is 5.69 Å². The van der Waals surface area contributed by atoms with E-state index in [2.05, 4.69) is 25.0 Å². The van der Waals surface area contributed by atoms with Crippen LogP contribution in [0.5, 0.6) is 0 Å². The number of benzene rings is 1. The fourth-order valence-corrected chi connectivity index (χ4v) is 4.34. The van der Waals surface area contributed by atoms with Crippen LogP contribution in [-0.4, -0.2) is 70.3 Å². The number of hydrogen-bond acceptors (Lipinski definition) is 8. The predicted molar refractivity (Wildman–Crippen MR) is 117 cm³/mol. The Bertz CT molecular complexity index is 1030. The highest BCUT2D eigenvalue weighted by atomic mass is 16.5. The zero-order valence-corrected chi connectivity index (χ0v) is 17.9. The zero-order chi connectivity index (χ0) is 21.8. The lowest BCUT2D eigenvalue weighted by Crippen LogP contribution is -2.40. The van der Waals surface area contributed by atoms with E-state index in [0.717, 1.165) is 56.9 Å². The Labute approximate surface area is 186 Å². The molecule has 0 saturated carbocycles. The van der Waals surface area contributed by atoms with Gasteiger partial charge in [-0.05, 0) is 43.0 Å². The van der Waals surface area contributed by atoms with Crippen LogP contribution >= 0.6 is 0 Å². The maximum Gasteiger partial charge on any atom is 0.253 e. The second kappa shape index (κ2) is 9.44. The molecule has 2 aliphatic heterocycles. The summed E-state index contributed by atoms with van der Waals surface area (Å²) in [5.74, 6) is 1.38. The summed E-state index contributed by atoms with van der Waals surface area (Å²) in [5, 5.41) is 4.02. The molecule has 1 aromatic carbocycles. The van der Waals surface area contributed by atoms with Crippen LogP contribution in [-0.2, 0) is 11.2 Å². The topological polar surface area (TPSA) is 97.5 Å². The SMILES string of the molecule is O=C(c1ccc(N2CCOCC2)cc1)N1CCCC(Cc2nc(-c3cnccn3)no2)C1. The number of carbonyl (C=O) groups excluding carboxylic acids is 1. The summed E-state index contributed by atoms with van der Waals surface area (Å²) in [4.78, 5) is 30.0. The summed E-state index contributed by atoms with van der Waals surface area (Å²) in [6.45, 7) is 4.72. The maximum absolute atomic E-state index is 13.1. The van der Waals surface area contributed by atoms with E-state index >= 15 is 0 Å². The first-order valence-corrected chi connectivity index (χ1v) is 11.1.